The maximum Gasteiger partial charge on any atom is 0.294 e. The Morgan fingerprint density at radius 1 is 1.56 bits per heavy atom. The summed E-state index contributed by atoms with van der Waals surface area (Å²) in [6.07, 6.45) is 6.33. The number of nitrogens with zero attached hydrogens (tertiary/aromatic N) is 2. The summed E-state index contributed by atoms with van der Waals surface area (Å²) in [6.45, 7) is 0. The van der Waals surface area contributed by atoms with Gasteiger partial charge >= 0.3 is 0 Å². The third-order valence-electron chi connectivity index (χ3n) is 2.68. The van der Waals surface area contributed by atoms with Crippen molar-refractivity contribution >= 4 is 11.3 Å². The first-order chi connectivity index (χ1) is 7.68. The molecular formula is C11H12N2O3. The molecule has 0 radical (unpaired) electrons. The molecule has 1 aliphatic carbocycles. The molecule has 84 valence electrons. The van der Waals surface area contributed by atoms with Crippen molar-refractivity contribution in [3.63, 3.8) is 0 Å². The molecule has 0 spiro atoms. The molecule has 5 nitrogen and oxygen atoms in total. The molecule has 1 heterocycles. The highest BCUT2D eigenvalue weighted by Gasteiger charge is 2.20. The van der Waals surface area contributed by atoms with Crippen LogP contribution in [0.3, 0.4) is 0 Å². The lowest BCUT2D eigenvalue weighted by Crippen LogP contribution is -2.09. The van der Waals surface area contributed by atoms with Gasteiger partial charge in [0.2, 0.25) is 0 Å². The minimum atomic E-state index is -0.489. The van der Waals surface area contributed by atoms with Gasteiger partial charge in [0.15, 0.2) is 0 Å². The maximum absolute atomic E-state index is 10.8. The second kappa shape index (κ2) is 4.40. The van der Waals surface area contributed by atoms with E-state index in [0.29, 0.717) is 5.56 Å². The summed E-state index contributed by atoms with van der Waals surface area (Å²) in [5.41, 5.74) is 1.41. The van der Waals surface area contributed by atoms with E-state index in [9.17, 15) is 15.2 Å². The highest BCUT2D eigenvalue weighted by Crippen LogP contribution is 2.31. The Kier molecular flexibility index (Phi) is 2.96. The number of aliphatic hydroxyl groups excluding tert-OH is 1. The summed E-state index contributed by atoms with van der Waals surface area (Å²) in [4.78, 5) is 14.1. The Bertz CT molecular complexity index is 443. The van der Waals surface area contributed by atoms with Gasteiger partial charge in [0, 0.05) is 6.20 Å². The van der Waals surface area contributed by atoms with E-state index in [0.717, 1.165) is 24.8 Å². The number of aromatic nitrogens is 1. The zero-order valence-corrected chi connectivity index (χ0v) is 8.67. The van der Waals surface area contributed by atoms with Crippen LogP contribution in [0.15, 0.2) is 24.5 Å². The highest BCUT2D eigenvalue weighted by atomic mass is 16.6. The van der Waals surface area contributed by atoms with Crippen LogP contribution in [0, 0.1) is 10.1 Å². The quantitative estimate of drug-likeness (QED) is 0.610. The number of aliphatic hydroxyl groups is 1. The molecule has 0 saturated heterocycles. The van der Waals surface area contributed by atoms with E-state index in [1.54, 1.807) is 12.1 Å². The SMILES string of the molecule is O=[N+]([O-])c1cnccc1C1=C[C@@H](O)CCC1. The summed E-state index contributed by atoms with van der Waals surface area (Å²) < 4.78 is 0. The van der Waals surface area contributed by atoms with Crippen molar-refractivity contribution in [1.82, 2.24) is 4.98 Å². The summed E-state index contributed by atoms with van der Waals surface area (Å²) >= 11 is 0. The second-order valence-corrected chi connectivity index (χ2v) is 3.80. The smallest absolute Gasteiger partial charge is 0.294 e. The van der Waals surface area contributed by atoms with E-state index < -0.39 is 11.0 Å². The van der Waals surface area contributed by atoms with Crippen LogP contribution >= 0.6 is 0 Å². The topological polar surface area (TPSA) is 76.3 Å². The fraction of sp³-hybridized carbons (Fsp3) is 0.364. The average molecular weight is 220 g/mol. The van der Waals surface area contributed by atoms with Gasteiger partial charge in [-0.1, -0.05) is 6.08 Å². The van der Waals surface area contributed by atoms with Crippen molar-refractivity contribution in [2.45, 2.75) is 25.4 Å². The molecule has 1 atom stereocenters. The van der Waals surface area contributed by atoms with Crippen molar-refractivity contribution in [2.24, 2.45) is 0 Å². The summed E-state index contributed by atoms with van der Waals surface area (Å²) in [5, 5.41) is 20.3. The molecule has 1 aliphatic rings. The molecule has 0 saturated carbocycles. The first kappa shape index (κ1) is 10.8. The number of rotatable bonds is 2. The zero-order chi connectivity index (χ0) is 11.5. The van der Waals surface area contributed by atoms with Gasteiger partial charge < -0.3 is 5.11 Å². The largest absolute Gasteiger partial charge is 0.389 e. The van der Waals surface area contributed by atoms with Crippen molar-refractivity contribution in [3.8, 4) is 0 Å². The molecule has 2 rings (SSSR count). The monoisotopic (exact) mass is 220 g/mol. The van der Waals surface area contributed by atoms with Gasteiger partial charge in [-0.2, -0.15) is 0 Å². The molecule has 1 aromatic rings. The van der Waals surface area contributed by atoms with Gasteiger partial charge in [-0.3, -0.25) is 15.1 Å². The van der Waals surface area contributed by atoms with Crippen molar-refractivity contribution in [3.05, 3.63) is 40.2 Å². The number of pyridine rings is 1. The number of hydrogen-bond acceptors (Lipinski definition) is 4. The van der Waals surface area contributed by atoms with E-state index in [1.165, 1.54) is 12.4 Å². The average Bonchev–Trinajstić information content (AvgIpc) is 2.29. The van der Waals surface area contributed by atoms with Crippen LogP contribution in [0.4, 0.5) is 5.69 Å². The summed E-state index contributed by atoms with van der Waals surface area (Å²) in [5.74, 6) is 0. The van der Waals surface area contributed by atoms with Crippen LogP contribution in [0.25, 0.3) is 5.57 Å². The van der Waals surface area contributed by atoms with Gasteiger partial charge in [-0.05, 0) is 30.9 Å². The number of allylic oxidation sites excluding steroid dienone is 1. The minimum Gasteiger partial charge on any atom is -0.389 e. The molecular weight excluding hydrogens is 208 g/mol. The zero-order valence-electron chi connectivity index (χ0n) is 8.67. The lowest BCUT2D eigenvalue weighted by atomic mass is 9.92. The first-order valence-corrected chi connectivity index (χ1v) is 5.16. The normalized spacial score (nSPS) is 20.3. The van der Waals surface area contributed by atoms with Crippen LogP contribution in [0.2, 0.25) is 0 Å². The van der Waals surface area contributed by atoms with E-state index in [2.05, 4.69) is 4.98 Å². The Morgan fingerprint density at radius 3 is 3.06 bits per heavy atom. The first-order valence-electron chi connectivity index (χ1n) is 5.16. The van der Waals surface area contributed by atoms with Crippen LogP contribution in [-0.2, 0) is 0 Å². The Morgan fingerprint density at radius 2 is 2.38 bits per heavy atom. The fourth-order valence-electron chi connectivity index (χ4n) is 1.93. The third kappa shape index (κ3) is 2.09. The second-order valence-electron chi connectivity index (χ2n) is 3.80. The van der Waals surface area contributed by atoms with Crippen molar-refractivity contribution < 1.29 is 10.0 Å². The van der Waals surface area contributed by atoms with Crippen molar-refractivity contribution in [2.75, 3.05) is 0 Å². The minimum absolute atomic E-state index is 0.00264. The van der Waals surface area contributed by atoms with E-state index in [-0.39, 0.29) is 5.69 Å². The molecule has 0 aliphatic heterocycles. The van der Waals surface area contributed by atoms with Gasteiger partial charge in [-0.25, -0.2) is 0 Å². The van der Waals surface area contributed by atoms with Gasteiger partial charge in [-0.15, -0.1) is 0 Å². The van der Waals surface area contributed by atoms with Crippen LogP contribution < -0.4 is 0 Å². The predicted octanol–water partition coefficient (Wildman–Crippen LogP) is 1.92. The van der Waals surface area contributed by atoms with Crippen LogP contribution in [0.1, 0.15) is 24.8 Å². The standard InChI is InChI=1S/C11H12N2O3/c14-9-3-1-2-8(6-9)10-4-5-12-7-11(10)13(15)16/h4-7,9,14H,1-3H2/t9-/m0/s1. The molecule has 0 unspecified atom stereocenters. The van der Waals surface area contributed by atoms with E-state index >= 15 is 0 Å². The van der Waals surface area contributed by atoms with Crippen molar-refractivity contribution in [1.29, 1.82) is 0 Å². The Labute approximate surface area is 92.6 Å². The van der Waals surface area contributed by atoms with Crippen LogP contribution in [-0.4, -0.2) is 21.1 Å². The van der Waals surface area contributed by atoms with E-state index in [1.807, 2.05) is 0 Å². The molecule has 0 fully saturated rings. The molecule has 0 aromatic carbocycles. The van der Waals surface area contributed by atoms with Gasteiger partial charge in [0.1, 0.15) is 6.20 Å². The lowest BCUT2D eigenvalue weighted by Gasteiger charge is -2.16. The molecule has 1 N–H and O–H groups in total. The number of nitro groups is 1. The fourth-order valence-corrected chi connectivity index (χ4v) is 1.93. The highest BCUT2D eigenvalue weighted by molar-refractivity contribution is 5.73. The summed E-state index contributed by atoms with van der Waals surface area (Å²) in [7, 11) is 0. The maximum atomic E-state index is 10.8. The summed E-state index contributed by atoms with van der Waals surface area (Å²) in [6, 6.07) is 1.63. The molecule has 0 amide bonds. The van der Waals surface area contributed by atoms with E-state index in [4.69, 9.17) is 0 Å². The molecule has 1 aromatic heterocycles. The Hall–Kier alpha value is -1.75. The molecule has 5 heteroatoms. The molecule has 16 heavy (non-hydrogen) atoms. The van der Waals surface area contributed by atoms with Gasteiger partial charge in [0.25, 0.3) is 5.69 Å². The molecule has 0 bridgehead atoms. The lowest BCUT2D eigenvalue weighted by molar-refractivity contribution is -0.385. The number of hydrogen-bond donors (Lipinski definition) is 1. The Balaban J connectivity index is 2.43. The van der Waals surface area contributed by atoms with Gasteiger partial charge in [0.05, 0.1) is 16.6 Å². The predicted molar refractivity (Wildman–Crippen MR) is 58.7 cm³/mol. The van der Waals surface area contributed by atoms with Crippen LogP contribution in [0.5, 0.6) is 0 Å². The third-order valence-corrected chi connectivity index (χ3v) is 2.68.